The third-order valence-corrected chi connectivity index (χ3v) is 4.88. The molecule has 5 heteroatoms. The largest absolute Gasteiger partial charge is 0.424 e. The summed E-state index contributed by atoms with van der Waals surface area (Å²) in [5.74, 6) is 2.53. The van der Waals surface area contributed by atoms with E-state index in [1.807, 2.05) is 6.07 Å². The molecule has 24 heavy (non-hydrogen) atoms. The van der Waals surface area contributed by atoms with Gasteiger partial charge in [0.1, 0.15) is 0 Å². The molecule has 1 saturated carbocycles. The van der Waals surface area contributed by atoms with Crippen LogP contribution in [0.1, 0.15) is 56.1 Å². The summed E-state index contributed by atoms with van der Waals surface area (Å²) < 4.78 is 12.2. The number of hydrogen-bond acceptors (Lipinski definition) is 5. The minimum atomic E-state index is 0.0955. The normalized spacial score (nSPS) is 25.3. The van der Waals surface area contributed by atoms with Gasteiger partial charge in [0.15, 0.2) is 0 Å². The lowest BCUT2D eigenvalue weighted by molar-refractivity contribution is -0.109. The van der Waals surface area contributed by atoms with E-state index in [4.69, 9.17) is 9.15 Å². The van der Waals surface area contributed by atoms with Gasteiger partial charge in [-0.1, -0.05) is 44.2 Å². The van der Waals surface area contributed by atoms with Gasteiger partial charge in [0.25, 0.3) is 0 Å². The van der Waals surface area contributed by atoms with Crippen molar-refractivity contribution in [1.29, 1.82) is 0 Å². The summed E-state index contributed by atoms with van der Waals surface area (Å²) in [5, 5.41) is 8.44. The Bertz CT molecular complexity index is 666. The summed E-state index contributed by atoms with van der Waals surface area (Å²) in [6.45, 7) is 6.90. The topological polar surface area (TPSA) is 51.4 Å². The third kappa shape index (κ3) is 3.52. The SMILES string of the molecule is CC(C)[C@H]1CN(Cc2nnc(C3CC3)o2)C[C@@H](c2ccccc2)O1. The number of nitrogens with zero attached hydrogens (tertiary/aromatic N) is 3. The molecular formula is C19H25N3O2. The lowest BCUT2D eigenvalue weighted by atomic mass is 10.0. The number of hydrogen-bond donors (Lipinski definition) is 0. The second-order valence-corrected chi connectivity index (χ2v) is 7.32. The van der Waals surface area contributed by atoms with E-state index < -0.39 is 0 Å². The third-order valence-electron chi connectivity index (χ3n) is 4.88. The first-order chi connectivity index (χ1) is 11.7. The van der Waals surface area contributed by atoms with Crippen molar-refractivity contribution in [2.45, 2.75) is 51.4 Å². The van der Waals surface area contributed by atoms with Crippen LogP contribution in [0.3, 0.4) is 0 Å². The van der Waals surface area contributed by atoms with E-state index in [0.717, 1.165) is 24.9 Å². The molecule has 0 spiro atoms. The molecule has 0 N–H and O–H groups in total. The molecule has 1 aromatic carbocycles. The predicted molar refractivity (Wildman–Crippen MR) is 90.4 cm³/mol. The fraction of sp³-hybridized carbons (Fsp3) is 0.579. The zero-order chi connectivity index (χ0) is 16.5. The van der Waals surface area contributed by atoms with Gasteiger partial charge in [0.2, 0.25) is 11.8 Å². The second kappa shape index (κ2) is 6.65. The molecule has 2 aliphatic rings. The van der Waals surface area contributed by atoms with Crippen molar-refractivity contribution >= 4 is 0 Å². The second-order valence-electron chi connectivity index (χ2n) is 7.32. The van der Waals surface area contributed by atoms with Crippen molar-refractivity contribution in [1.82, 2.24) is 15.1 Å². The predicted octanol–water partition coefficient (Wildman–Crippen LogP) is 3.55. The fourth-order valence-electron chi connectivity index (χ4n) is 3.23. The van der Waals surface area contributed by atoms with Crippen molar-refractivity contribution in [3.63, 3.8) is 0 Å². The van der Waals surface area contributed by atoms with Crippen molar-refractivity contribution in [2.24, 2.45) is 5.92 Å². The molecule has 1 saturated heterocycles. The minimum Gasteiger partial charge on any atom is -0.424 e. The highest BCUT2D eigenvalue weighted by atomic mass is 16.5. The van der Waals surface area contributed by atoms with Gasteiger partial charge in [-0.3, -0.25) is 4.90 Å². The van der Waals surface area contributed by atoms with Crippen LogP contribution < -0.4 is 0 Å². The van der Waals surface area contributed by atoms with Crippen LogP contribution in [-0.2, 0) is 11.3 Å². The Hall–Kier alpha value is -1.72. The number of rotatable bonds is 5. The molecule has 0 unspecified atom stereocenters. The van der Waals surface area contributed by atoms with E-state index >= 15 is 0 Å². The van der Waals surface area contributed by atoms with Crippen LogP contribution in [0.25, 0.3) is 0 Å². The van der Waals surface area contributed by atoms with Crippen LogP contribution >= 0.6 is 0 Å². The maximum absolute atomic E-state index is 6.35. The first-order valence-electron chi connectivity index (χ1n) is 8.94. The lowest BCUT2D eigenvalue weighted by Crippen LogP contribution is -2.45. The minimum absolute atomic E-state index is 0.0955. The highest BCUT2D eigenvalue weighted by Gasteiger charge is 2.33. The molecule has 1 aliphatic heterocycles. The molecular weight excluding hydrogens is 302 g/mol. The molecule has 2 aromatic rings. The van der Waals surface area contributed by atoms with E-state index in [0.29, 0.717) is 18.4 Å². The lowest BCUT2D eigenvalue weighted by Gasteiger charge is -2.39. The first kappa shape index (κ1) is 15.8. The highest BCUT2D eigenvalue weighted by Crippen LogP contribution is 2.39. The zero-order valence-electron chi connectivity index (χ0n) is 14.4. The standard InChI is InChI=1S/C19H25N3O2/c1-13(2)16-10-22(11-17(23-16)14-6-4-3-5-7-14)12-18-20-21-19(24-18)15-8-9-15/h3-7,13,15-17H,8-12H2,1-2H3/t16-,17+/m1/s1. The molecule has 0 radical (unpaired) electrons. The van der Waals surface area contributed by atoms with Gasteiger partial charge in [0.05, 0.1) is 18.8 Å². The maximum atomic E-state index is 6.35. The Kier molecular flexibility index (Phi) is 4.37. The van der Waals surface area contributed by atoms with Gasteiger partial charge in [0, 0.05) is 19.0 Å². The number of benzene rings is 1. The molecule has 1 aliphatic carbocycles. The Labute approximate surface area is 143 Å². The highest BCUT2D eigenvalue weighted by molar-refractivity contribution is 5.18. The van der Waals surface area contributed by atoms with E-state index in [-0.39, 0.29) is 12.2 Å². The molecule has 2 atom stereocenters. The van der Waals surface area contributed by atoms with Crippen molar-refractivity contribution in [3.8, 4) is 0 Å². The zero-order valence-corrected chi connectivity index (χ0v) is 14.4. The van der Waals surface area contributed by atoms with Crippen molar-refractivity contribution in [2.75, 3.05) is 13.1 Å². The van der Waals surface area contributed by atoms with Crippen LogP contribution in [0.2, 0.25) is 0 Å². The number of ether oxygens (including phenoxy) is 1. The van der Waals surface area contributed by atoms with Crippen LogP contribution in [-0.4, -0.2) is 34.3 Å². The fourth-order valence-corrected chi connectivity index (χ4v) is 3.23. The van der Waals surface area contributed by atoms with Gasteiger partial charge in [-0.15, -0.1) is 10.2 Å². The van der Waals surface area contributed by atoms with Crippen LogP contribution in [0.4, 0.5) is 0 Å². The number of aromatic nitrogens is 2. The quantitative estimate of drug-likeness (QED) is 0.840. The van der Waals surface area contributed by atoms with Gasteiger partial charge < -0.3 is 9.15 Å². The summed E-state index contributed by atoms with van der Waals surface area (Å²) >= 11 is 0. The first-order valence-corrected chi connectivity index (χ1v) is 8.94. The Balaban J connectivity index is 1.48. The van der Waals surface area contributed by atoms with Gasteiger partial charge >= 0.3 is 0 Å². The molecule has 5 nitrogen and oxygen atoms in total. The molecule has 4 rings (SSSR count). The molecule has 0 bridgehead atoms. The molecule has 2 heterocycles. The smallest absolute Gasteiger partial charge is 0.230 e. The van der Waals surface area contributed by atoms with Crippen LogP contribution in [0.15, 0.2) is 34.7 Å². The summed E-state index contributed by atoms with van der Waals surface area (Å²) in [5.41, 5.74) is 1.23. The molecule has 1 aromatic heterocycles. The number of morpholine rings is 1. The monoisotopic (exact) mass is 327 g/mol. The average molecular weight is 327 g/mol. The molecule has 0 amide bonds. The molecule has 2 fully saturated rings. The Morgan fingerprint density at radius 3 is 2.62 bits per heavy atom. The Morgan fingerprint density at radius 1 is 1.12 bits per heavy atom. The van der Waals surface area contributed by atoms with Crippen molar-refractivity contribution in [3.05, 3.63) is 47.7 Å². The summed E-state index contributed by atoms with van der Waals surface area (Å²) in [4.78, 5) is 2.38. The summed E-state index contributed by atoms with van der Waals surface area (Å²) in [7, 11) is 0. The summed E-state index contributed by atoms with van der Waals surface area (Å²) in [6.07, 6.45) is 2.68. The summed E-state index contributed by atoms with van der Waals surface area (Å²) in [6, 6.07) is 10.5. The van der Waals surface area contributed by atoms with E-state index in [9.17, 15) is 0 Å². The average Bonchev–Trinajstić information content (AvgIpc) is 3.35. The molecule has 128 valence electrons. The van der Waals surface area contributed by atoms with Gasteiger partial charge in [-0.25, -0.2) is 0 Å². The van der Waals surface area contributed by atoms with Crippen LogP contribution in [0.5, 0.6) is 0 Å². The van der Waals surface area contributed by atoms with Crippen molar-refractivity contribution < 1.29 is 9.15 Å². The van der Waals surface area contributed by atoms with E-state index in [2.05, 4.69) is 53.2 Å². The van der Waals surface area contributed by atoms with Crippen LogP contribution in [0, 0.1) is 5.92 Å². The van der Waals surface area contributed by atoms with Gasteiger partial charge in [-0.05, 0) is 24.3 Å². The van der Waals surface area contributed by atoms with E-state index in [1.54, 1.807) is 0 Å². The maximum Gasteiger partial charge on any atom is 0.230 e. The Morgan fingerprint density at radius 2 is 1.92 bits per heavy atom. The van der Waals surface area contributed by atoms with E-state index in [1.165, 1.54) is 18.4 Å². The van der Waals surface area contributed by atoms with Gasteiger partial charge in [-0.2, -0.15) is 0 Å².